The summed E-state index contributed by atoms with van der Waals surface area (Å²) < 4.78 is 7.85. The number of nitrogens with zero attached hydrogens (tertiary/aromatic N) is 3. The fourth-order valence-corrected chi connectivity index (χ4v) is 3.80. The number of aryl methyl sites for hydroxylation is 2. The molecule has 1 aliphatic rings. The first-order valence-corrected chi connectivity index (χ1v) is 10.2. The number of halogens is 1. The number of likely N-dealkylation sites (tertiary alicyclic amines) is 1. The largest absolute Gasteiger partial charge is 0.490 e. The molecule has 2 heterocycles. The van der Waals surface area contributed by atoms with E-state index in [-0.39, 0.29) is 12.0 Å². The van der Waals surface area contributed by atoms with Crippen LogP contribution >= 0.6 is 11.6 Å². The number of benzene rings is 2. The third kappa shape index (κ3) is 4.30. The van der Waals surface area contributed by atoms with Gasteiger partial charge in [0.15, 0.2) is 0 Å². The Kier molecular flexibility index (Phi) is 5.58. The van der Waals surface area contributed by atoms with E-state index in [0.29, 0.717) is 23.7 Å². The van der Waals surface area contributed by atoms with Gasteiger partial charge in [0.25, 0.3) is 5.91 Å². The number of amides is 1. The SMILES string of the molecule is Cc1ccc(C)c(OC2CCN(C(=O)c3cnn(-c4ccccc4Cl)c3)CC2)c1. The van der Waals surface area contributed by atoms with Crippen molar-refractivity contribution >= 4 is 17.5 Å². The summed E-state index contributed by atoms with van der Waals surface area (Å²) in [5.41, 5.74) is 3.66. The molecule has 1 amide bonds. The molecule has 1 aromatic heterocycles. The fourth-order valence-electron chi connectivity index (χ4n) is 3.58. The van der Waals surface area contributed by atoms with E-state index in [9.17, 15) is 4.79 Å². The summed E-state index contributed by atoms with van der Waals surface area (Å²) in [5, 5.41) is 4.91. The van der Waals surface area contributed by atoms with E-state index in [1.165, 1.54) is 5.56 Å². The lowest BCUT2D eigenvalue weighted by molar-refractivity contribution is 0.0594. The lowest BCUT2D eigenvalue weighted by Crippen LogP contribution is -2.41. The zero-order valence-electron chi connectivity index (χ0n) is 16.6. The molecule has 0 spiro atoms. The summed E-state index contributed by atoms with van der Waals surface area (Å²) in [6, 6.07) is 13.7. The van der Waals surface area contributed by atoms with E-state index < -0.39 is 0 Å². The maximum absolute atomic E-state index is 12.9. The Bertz CT molecular complexity index is 1020. The quantitative estimate of drug-likeness (QED) is 0.620. The van der Waals surface area contributed by atoms with Crippen LogP contribution in [0.1, 0.15) is 34.3 Å². The average Bonchev–Trinajstić information content (AvgIpc) is 3.21. The third-order valence-corrected chi connectivity index (χ3v) is 5.61. The molecule has 0 bridgehead atoms. The summed E-state index contributed by atoms with van der Waals surface area (Å²) in [5.74, 6) is 0.935. The number of carbonyl (C=O) groups is 1. The van der Waals surface area contributed by atoms with Crippen LogP contribution in [0.4, 0.5) is 0 Å². The molecular weight excluding hydrogens is 386 g/mol. The maximum Gasteiger partial charge on any atom is 0.257 e. The number of para-hydroxylation sites is 1. The average molecular weight is 410 g/mol. The minimum atomic E-state index is -0.00603. The zero-order chi connectivity index (χ0) is 20.4. The Morgan fingerprint density at radius 2 is 1.90 bits per heavy atom. The minimum absolute atomic E-state index is 0.00603. The number of hydrogen-bond donors (Lipinski definition) is 0. The summed E-state index contributed by atoms with van der Waals surface area (Å²) in [6.07, 6.45) is 5.10. The molecule has 0 saturated carbocycles. The van der Waals surface area contributed by atoms with Crippen LogP contribution in [0.2, 0.25) is 5.02 Å². The molecule has 5 nitrogen and oxygen atoms in total. The van der Waals surface area contributed by atoms with Crippen molar-refractivity contribution in [1.82, 2.24) is 14.7 Å². The molecule has 3 aromatic rings. The Morgan fingerprint density at radius 3 is 2.66 bits per heavy atom. The van der Waals surface area contributed by atoms with Crippen molar-refractivity contribution in [3.05, 3.63) is 76.6 Å². The number of ether oxygens (including phenoxy) is 1. The van der Waals surface area contributed by atoms with Gasteiger partial charge in [-0.05, 0) is 43.2 Å². The van der Waals surface area contributed by atoms with Gasteiger partial charge >= 0.3 is 0 Å². The van der Waals surface area contributed by atoms with Gasteiger partial charge in [0.05, 0.1) is 22.5 Å². The molecule has 1 fully saturated rings. The number of piperidine rings is 1. The molecule has 29 heavy (non-hydrogen) atoms. The van der Waals surface area contributed by atoms with Crippen LogP contribution in [0.15, 0.2) is 54.9 Å². The van der Waals surface area contributed by atoms with Crippen LogP contribution in [0.25, 0.3) is 5.69 Å². The Labute approximate surface area is 175 Å². The zero-order valence-corrected chi connectivity index (χ0v) is 17.4. The molecule has 0 N–H and O–H groups in total. The van der Waals surface area contributed by atoms with Gasteiger partial charge < -0.3 is 9.64 Å². The fraction of sp³-hybridized carbons (Fsp3) is 0.304. The Balaban J connectivity index is 1.38. The number of hydrogen-bond acceptors (Lipinski definition) is 3. The maximum atomic E-state index is 12.9. The highest BCUT2D eigenvalue weighted by atomic mass is 35.5. The lowest BCUT2D eigenvalue weighted by Gasteiger charge is -2.32. The van der Waals surface area contributed by atoms with Gasteiger partial charge in [-0.2, -0.15) is 5.10 Å². The molecule has 1 saturated heterocycles. The van der Waals surface area contributed by atoms with Crippen LogP contribution < -0.4 is 4.74 Å². The van der Waals surface area contributed by atoms with Gasteiger partial charge in [-0.3, -0.25) is 4.79 Å². The topological polar surface area (TPSA) is 47.4 Å². The van der Waals surface area contributed by atoms with Crippen molar-refractivity contribution in [2.75, 3.05) is 13.1 Å². The van der Waals surface area contributed by atoms with Gasteiger partial charge in [0.1, 0.15) is 11.9 Å². The van der Waals surface area contributed by atoms with E-state index in [4.69, 9.17) is 16.3 Å². The molecule has 0 unspecified atom stereocenters. The molecular formula is C23H24ClN3O2. The van der Waals surface area contributed by atoms with Gasteiger partial charge in [0, 0.05) is 32.1 Å². The lowest BCUT2D eigenvalue weighted by atomic mass is 10.1. The molecule has 1 aliphatic heterocycles. The van der Waals surface area contributed by atoms with E-state index in [0.717, 1.165) is 29.8 Å². The first kappa shape index (κ1) is 19.5. The van der Waals surface area contributed by atoms with Gasteiger partial charge in [-0.15, -0.1) is 0 Å². The molecule has 0 radical (unpaired) electrons. The van der Waals surface area contributed by atoms with Crippen molar-refractivity contribution in [3.8, 4) is 11.4 Å². The number of rotatable bonds is 4. The van der Waals surface area contributed by atoms with Crippen molar-refractivity contribution in [2.45, 2.75) is 32.8 Å². The summed E-state index contributed by atoms with van der Waals surface area (Å²) >= 11 is 6.23. The molecule has 4 rings (SSSR count). The molecule has 150 valence electrons. The second-order valence-electron chi connectivity index (χ2n) is 7.50. The smallest absolute Gasteiger partial charge is 0.257 e. The minimum Gasteiger partial charge on any atom is -0.490 e. The summed E-state index contributed by atoms with van der Waals surface area (Å²) in [7, 11) is 0. The normalized spacial score (nSPS) is 14.8. The van der Waals surface area contributed by atoms with Crippen LogP contribution in [0.5, 0.6) is 5.75 Å². The number of aromatic nitrogens is 2. The molecule has 6 heteroatoms. The van der Waals surface area contributed by atoms with Crippen molar-refractivity contribution in [3.63, 3.8) is 0 Å². The van der Waals surface area contributed by atoms with Crippen molar-refractivity contribution in [2.24, 2.45) is 0 Å². The van der Waals surface area contributed by atoms with Crippen molar-refractivity contribution < 1.29 is 9.53 Å². The van der Waals surface area contributed by atoms with Crippen molar-refractivity contribution in [1.29, 1.82) is 0 Å². The first-order valence-electron chi connectivity index (χ1n) is 9.84. The number of carbonyl (C=O) groups excluding carboxylic acids is 1. The van der Waals surface area contributed by atoms with Crippen LogP contribution in [0.3, 0.4) is 0 Å². The predicted molar refractivity (Wildman–Crippen MR) is 114 cm³/mol. The highest BCUT2D eigenvalue weighted by Crippen LogP contribution is 2.25. The Hall–Kier alpha value is -2.79. The third-order valence-electron chi connectivity index (χ3n) is 5.30. The summed E-state index contributed by atoms with van der Waals surface area (Å²) in [6.45, 7) is 5.47. The monoisotopic (exact) mass is 409 g/mol. The second-order valence-corrected chi connectivity index (χ2v) is 7.91. The highest BCUT2D eigenvalue weighted by Gasteiger charge is 2.26. The van der Waals surface area contributed by atoms with Crippen LogP contribution in [0, 0.1) is 13.8 Å². The van der Waals surface area contributed by atoms with Crippen LogP contribution in [-0.2, 0) is 0 Å². The van der Waals surface area contributed by atoms with E-state index >= 15 is 0 Å². The van der Waals surface area contributed by atoms with Gasteiger partial charge in [-0.25, -0.2) is 4.68 Å². The summed E-state index contributed by atoms with van der Waals surface area (Å²) in [4.78, 5) is 14.8. The van der Waals surface area contributed by atoms with E-state index in [1.807, 2.05) is 23.1 Å². The van der Waals surface area contributed by atoms with E-state index in [1.54, 1.807) is 23.1 Å². The standard InChI is InChI=1S/C23H24ClN3O2/c1-16-7-8-17(2)22(13-16)29-19-9-11-26(12-10-19)23(28)18-14-25-27(15-18)21-6-4-3-5-20(21)24/h3-8,13-15,19H,9-12H2,1-2H3. The second kappa shape index (κ2) is 8.29. The Morgan fingerprint density at radius 1 is 1.14 bits per heavy atom. The van der Waals surface area contributed by atoms with E-state index in [2.05, 4.69) is 37.1 Å². The van der Waals surface area contributed by atoms with Crippen LogP contribution in [-0.4, -0.2) is 39.8 Å². The molecule has 2 aromatic carbocycles. The molecule has 0 atom stereocenters. The molecule has 0 aliphatic carbocycles. The first-order chi connectivity index (χ1) is 14.0. The van der Waals surface area contributed by atoms with Gasteiger partial charge in [-0.1, -0.05) is 35.9 Å². The van der Waals surface area contributed by atoms with Gasteiger partial charge in [0.2, 0.25) is 0 Å². The predicted octanol–water partition coefficient (Wildman–Crippen LogP) is 4.83. The highest BCUT2D eigenvalue weighted by molar-refractivity contribution is 6.32.